The summed E-state index contributed by atoms with van der Waals surface area (Å²) in [5.41, 5.74) is 4.08. The third-order valence-electron chi connectivity index (χ3n) is 4.32. The van der Waals surface area contributed by atoms with E-state index in [1.165, 1.54) is 16.7 Å². The van der Waals surface area contributed by atoms with Gasteiger partial charge in [0.2, 0.25) is 0 Å². The van der Waals surface area contributed by atoms with Gasteiger partial charge < -0.3 is 0 Å². The molecule has 0 saturated carbocycles. The second-order valence-electron chi connectivity index (χ2n) is 8.23. The summed E-state index contributed by atoms with van der Waals surface area (Å²) in [4.78, 5) is 2.42. The lowest BCUT2D eigenvalue weighted by Gasteiger charge is -2.31. The summed E-state index contributed by atoms with van der Waals surface area (Å²) in [6.45, 7) is 19.7. The monoisotopic (exact) mass is 375 g/mol. The summed E-state index contributed by atoms with van der Waals surface area (Å²) < 4.78 is 0. The molecule has 0 aromatic heterocycles. The van der Waals surface area contributed by atoms with Crippen LogP contribution >= 0.6 is 29.1 Å². The van der Waals surface area contributed by atoms with Crippen LogP contribution < -0.4 is 5.30 Å². The molecule has 0 fully saturated rings. The maximum Gasteiger partial charge on any atom is 0.117 e. The van der Waals surface area contributed by atoms with Crippen molar-refractivity contribution < 1.29 is 0 Å². The molecule has 4 heteroatoms. The molecule has 0 aliphatic rings. The topological polar surface area (TPSA) is 3.24 Å². The predicted molar refractivity (Wildman–Crippen MR) is 109 cm³/mol. The first-order chi connectivity index (χ1) is 10.4. The highest BCUT2D eigenvalue weighted by Crippen LogP contribution is 2.49. The molecule has 132 valence electrons. The molecule has 1 aromatic rings. The van der Waals surface area contributed by atoms with E-state index in [9.17, 15) is 0 Å². The van der Waals surface area contributed by atoms with Gasteiger partial charge in [-0.2, -0.15) is 0 Å². The van der Waals surface area contributed by atoms with E-state index in [1.54, 1.807) is 0 Å². The Kier molecular flexibility index (Phi) is 7.43. The summed E-state index contributed by atoms with van der Waals surface area (Å²) in [5.74, 6) is 0. The van der Waals surface area contributed by atoms with Crippen LogP contribution in [0.25, 0.3) is 0 Å². The van der Waals surface area contributed by atoms with E-state index in [-0.39, 0.29) is 10.8 Å². The van der Waals surface area contributed by atoms with Gasteiger partial charge in [-0.3, -0.25) is 4.90 Å². The van der Waals surface area contributed by atoms with Gasteiger partial charge in [-0.05, 0) is 40.6 Å². The fraction of sp³-hybridized carbons (Fsp3) is 0.684. The Morgan fingerprint density at radius 2 is 1.43 bits per heavy atom. The number of hydrogen-bond acceptors (Lipinski definition) is 1. The number of hydrogen-bond donors (Lipinski definition) is 0. The SMILES string of the molecule is CCN(CC)Cc1cc(C(C)(C)C)cc(C(C)(C)C)c1P(Cl)Cl. The zero-order valence-corrected chi connectivity index (χ0v) is 18.3. The Balaban J connectivity index is 3.62. The van der Waals surface area contributed by atoms with Crippen molar-refractivity contribution in [2.45, 2.75) is 72.8 Å². The second kappa shape index (κ2) is 8.05. The van der Waals surface area contributed by atoms with E-state index in [0.29, 0.717) is 0 Å². The largest absolute Gasteiger partial charge is 0.300 e. The van der Waals surface area contributed by atoms with Crippen molar-refractivity contribution >= 4 is 34.4 Å². The van der Waals surface area contributed by atoms with Gasteiger partial charge in [0.25, 0.3) is 0 Å². The van der Waals surface area contributed by atoms with E-state index < -0.39 is 6.63 Å². The van der Waals surface area contributed by atoms with Gasteiger partial charge in [-0.1, -0.05) is 90.0 Å². The van der Waals surface area contributed by atoms with Crippen LogP contribution in [0, 0.1) is 0 Å². The van der Waals surface area contributed by atoms with Crippen molar-refractivity contribution in [3.05, 3.63) is 28.8 Å². The van der Waals surface area contributed by atoms with Gasteiger partial charge >= 0.3 is 0 Å². The van der Waals surface area contributed by atoms with Gasteiger partial charge in [0.1, 0.15) is 6.63 Å². The lowest BCUT2D eigenvalue weighted by molar-refractivity contribution is 0.296. The molecule has 1 aromatic carbocycles. The average Bonchev–Trinajstić information content (AvgIpc) is 2.41. The number of halogens is 2. The fourth-order valence-corrected chi connectivity index (χ4v) is 4.84. The maximum absolute atomic E-state index is 6.47. The fourth-order valence-electron chi connectivity index (χ4n) is 2.71. The lowest BCUT2D eigenvalue weighted by atomic mass is 9.79. The van der Waals surface area contributed by atoms with Gasteiger partial charge in [0, 0.05) is 11.8 Å². The Bertz CT molecular complexity index is 523. The van der Waals surface area contributed by atoms with E-state index in [0.717, 1.165) is 24.9 Å². The van der Waals surface area contributed by atoms with Crippen molar-refractivity contribution in [3.8, 4) is 0 Å². The molecule has 0 aliphatic carbocycles. The number of benzene rings is 1. The summed E-state index contributed by atoms with van der Waals surface area (Å²) in [7, 11) is 0. The van der Waals surface area contributed by atoms with E-state index >= 15 is 0 Å². The molecule has 0 unspecified atom stereocenters. The first-order valence-corrected chi connectivity index (χ1v) is 11.6. The number of nitrogens with zero attached hydrogens (tertiary/aromatic N) is 1. The summed E-state index contributed by atoms with van der Waals surface area (Å²) >= 11 is 12.9. The molecule has 23 heavy (non-hydrogen) atoms. The molecule has 1 nitrogen and oxygen atoms in total. The molecule has 0 saturated heterocycles. The Labute approximate surface area is 154 Å². The van der Waals surface area contributed by atoms with E-state index in [4.69, 9.17) is 22.5 Å². The Hall–Kier alpha value is 0.190. The zero-order valence-electron chi connectivity index (χ0n) is 15.9. The lowest BCUT2D eigenvalue weighted by Crippen LogP contribution is -2.30. The van der Waals surface area contributed by atoms with Crippen LogP contribution in [0.2, 0.25) is 0 Å². The smallest absolute Gasteiger partial charge is 0.117 e. The highest BCUT2D eigenvalue weighted by atomic mass is 35.9. The normalized spacial score (nSPS) is 13.2. The van der Waals surface area contributed by atoms with Crippen LogP contribution in [-0.4, -0.2) is 18.0 Å². The quantitative estimate of drug-likeness (QED) is 0.528. The minimum atomic E-state index is -1.17. The molecule has 0 bridgehead atoms. The maximum atomic E-state index is 6.47. The minimum absolute atomic E-state index is 0.0268. The molecular formula is C19H32Cl2NP. The predicted octanol–water partition coefficient (Wildman–Crippen LogP) is 6.54. The van der Waals surface area contributed by atoms with Crippen molar-refractivity contribution in [3.63, 3.8) is 0 Å². The highest BCUT2D eigenvalue weighted by molar-refractivity contribution is 8.09. The van der Waals surface area contributed by atoms with E-state index in [1.807, 2.05) is 0 Å². The number of rotatable bonds is 5. The molecule has 0 amide bonds. The van der Waals surface area contributed by atoms with Gasteiger partial charge in [0.15, 0.2) is 0 Å². The minimum Gasteiger partial charge on any atom is -0.300 e. The summed E-state index contributed by atoms with van der Waals surface area (Å²) in [6.07, 6.45) is 0. The van der Waals surface area contributed by atoms with Crippen molar-refractivity contribution in [2.75, 3.05) is 13.1 Å². The molecule has 0 heterocycles. The Morgan fingerprint density at radius 3 is 1.78 bits per heavy atom. The van der Waals surface area contributed by atoms with Crippen LogP contribution in [0.5, 0.6) is 0 Å². The van der Waals surface area contributed by atoms with Gasteiger partial charge in [-0.15, -0.1) is 0 Å². The van der Waals surface area contributed by atoms with Crippen LogP contribution in [-0.2, 0) is 17.4 Å². The van der Waals surface area contributed by atoms with Crippen LogP contribution in [0.3, 0.4) is 0 Å². The summed E-state index contributed by atoms with van der Waals surface area (Å²) in [5, 5.41) is 1.16. The van der Waals surface area contributed by atoms with Crippen LogP contribution in [0.15, 0.2) is 12.1 Å². The van der Waals surface area contributed by atoms with E-state index in [2.05, 4.69) is 72.4 Å². The van der Waals surface area contributed by atoms with Crippen LogP contribution in [0.1, 0.15) is 72.1 Å². The first-order valence-electron chi connectivity index (χ1n) is 8.43. The third kappa shape index (κ3) is 5.60. The average molecular weight is 376 g/mol. The first kappa shape index (κ1) is 21.2. The molecule has 0 spiro atoms. The van der Waals surface area contributed by atoms with Crippen LogP contribution in [0.4, 0.5) is 0 Å². The molecule has 0 aliphatic heterocycles. The third-order valence-corrected chi connectivity index (χ3v) is 6.20. The standard InChI is InChI=1S/C19H32Cl2NP/c1-9-22(10-2)13-14-11-15(18(3,4)5)12-16(19(6,7)8)17(14)23(20)21/h11-12H,9-10,13H2,1-8H3. The van der Waals surface area contributed by atoms with Gasteiger partial charge in [-0.25, -0.2) is 0 Å². The molecule has 0 radical (unpaired) electrons. The van der Waals surface area contributed by atoms with Crippen molar-refractivity contribution in [1.82, 2.24) is 4.90 Å². The van der Waals surface area contributed by atoms with Crippen molar-refractivity contribution in [1.29, 1.82) is 0 Å². The second-order valence-corrected chi connectivity index (χ2v) is 11.7. The summed E-state index contributed by atoms with van der Waals surface area (Å²) in [6, 6.07) is 4.64. The molecule has 0 N–H and O–H groups in total. The molecular weight excluding hydrogens is 344 g/mol. The van der Waals surface area contributed by atoms with Crippen molar-refractivity contribution in [2.24, 2.45) is 0 Å². The highest BCUT2D eigenvalue weighted by Gasteiger charge is 2.28. The Morgan fingerprint density at radius 1 is 0.913 bits per heavy atom. The molecule has 0 atom stereocenters. The molecule has 1 rings (SSSR count). The van der Waals surface area contributed by atoms with Gasteiger partial charge in [0.05, 0.1) is 0 Å². The zero-order chi connectivity index (χ0) is 18.0.